The minimum Gasteiger partial charge on any atom is -0.352 e. The third-order valence-electron chi connectivity index (χ3n) is 3.88. The molecule has 0 aromatic heterocycles. The predicted molar refractivity (Wildman–Crippen MR) is 93.6 cm³/mol. The number of amides is 1. The van der Waals surface area contributed by atoms with Gasteiger partial charge < -0.3 is 10.6 Å². The first-order chi connectivity index (χ1) is 10.1. The van der Waals surface area contributed by atoms with Crippen LogP contribution in [-0.4, -0.2) is 43.0 Å². The van der Waals surface area contributed by atoms with Gasteiger partial charge in [0.05, 0.1) is 0 Å². The zero-order valence-electron chi connectivity index (χ0n) is 13.8. The first kappa shape index (κ1) is 18.9. The van der Waals surface area contributed by atoms with Gasteiger partial charge in [0.25, 0.3) is 5.91 Å². The minimum absolute atomic E-state index is 0. The van der Waals surface area contributed by atoms with Crippen LogP contribution in [0, 0.1) is 5.92 Å². The Labute approximate surface area is 140 Å². The number of nitrogens with zero attached hydrogens (tertiary/aromatic N) is 1. The molecule has 22 heavy (non-hydrogen) atoms. The van der Waals surface area contributed by atoms with E-state index >= 15 is 0 Å². The van der Waals surface area contributed by atoms with Crippen LogP contribution in [0.4, 0.5) is 0 Å². The number of nitrogens with one attached hydrogen (secondary N) is 2. The van der Waals surface area contributed by atoms with E-state index in [0.717, 1.165) is 38.3 Å². The average molecular weight is 326 g/mol. The summed E-state index contributed by atoms with van der Waals surface area (Å²) in [4.78, 5) is 14.6. The third-order valence-corrected chi connectivity index (χ3v) is 3.88. The Balaban J connectivity index is 0.00000242. The second-order valence-electron chi connectivity index (χ2n) is 6.33. The number of hydrogen-bond acceptors (Lipinski definition) is 3. The van der Waals surface area contributed by atoms with Crippen molar-refractivity contribution in [2.75, 3.05) is 26.2 Å². The lowest BCUT2D eigenvalue weighted by molar-refractivity contribution is 0.0948. The lowest BCUT2D eigenvalue weighted by Gasteiger charge is -2.33. The van der Waals surface area contributed by atoms with E-state index in [1.165, 1.54) is 5.56 Å². The number of carbonyl (C=O) groups is 1. The first-order valence-electron chi connectivity index (χ1n) is 7.88. The van der Waals surface area contributed by atoms with Crippen LogP contribution in [0.1, 0.15) is 36.7 Å². The highest BCUT2D eigenvalue weighted by Crippen LogP contribution is 2.12. The topological polar surface area (TPSA) is 44.4 Å². The van der Waals surface area contributed by atoms with E-state index in [-0.39, 0.29) is 18.3 Å². The summed E-state index contributed by atoms with van der Waals surface area (Å²) in [5.41, 5.74) is 1.97. The molecule has 124 valence electrons. The molecule has 0 unspecified atom stereocenters. The summed E-state index contributed by atoms with van der Waals surface area (Å²) in [5.74, 6) is 0.498. The smallest absolute Gasteiger partial charge is 0.251 e. The molecule has 0 saturated carbocycles. The lowest BCUT2D eigenvalue weighted by atomic mass is 10.1. The van der Waals surface area contributed by atoms with E-state index < -0.39 is 0 Å². The van der Waals surface area contributed by atoms with Gasteiger partial charge in [0.2, 0.25) is 0 Å². The summed E-state index contributed by atoms with van der Waals surface area (Å²) in [6.07, 6.45) is 0. The van der Waals surface area contributed by atoms with Crippen LogP contribution in [0.25, 0.3) is 0 Å². The van der Waals surface area contributed by atoms with Crippen molar-refractivity contribution in [3.8, 4) is 0 Å². The maximum atomic E-state index is 12.1. The van der Waals surface area contributed by atoms with Crippen molar-refractivity contribution in [3.63, 3.8) is 0 Å². The Hall–Kier alpha value is -1.10. The van der Waals surface area contributed by atoms with Gasteiger partial charge in [-0.1, -0.05) is 26.0 Å². The Bertz CT molecular complexity index is 479. The molecule has 0 bridgehead atoms. The Kier molecular flexibility index (Phi) is 7.87. The van der Waals surface area contributed by atoms with Crippen LogP contribution >= 0.6 is 12.4 Å². The fraction of sp³-hybridized carbons (Fsp3) is 0.588. The van der Waals surface area contributed by atoms with Gasteiger partial charge in [0.15, 0.2) is 0 Å². The number of rotatable bonds is 5. The second-order valence-corrected chi connectivity index (χ2v) is 6.33. The van der Waals surface area contributed by atoms with Crippen LogP contribution in [0.15, 0.2) is 24.3 Å². The number of hydrogen-bond donors (Lipinski definition) is 2. The molecular formula is C17H28ClN3O. The van der Waals surface area contributed by atoms with Crippen molar-refractivity contribution in [3.05, 3.63) is 35.4 Å². The van der Waals surface area contributed by atoms with Crippen molar-refractivity contribution in [2.24, 2.45) is 5.92 Å². The zero-order valence-corrected chi connectivity index (χ0v) is 14.6. The van der Waals surface area contributed by atoms with E-state index in [2.05, 4.69) is 42.4 Å². The molecule has 4 nitrogen and oxygen atoms in total. The van der Waals surface area contributed by atoms with Gasteiger partial charge in [0.1, 0.15) is 0 Å². The SMILES string of the molecule is CC(C)CNC(=O)c1cccc(CN2CCNC[C@H]2C)c1.Cl. The van der Waals surface area contributed by atoms with Crippen LogP contribution in [0.2, 0.25) is 0 Å². The Morgan fingerprint density at radius 2 is 2.23 bits per heavy atom. The fourth-order valence-corrected chi connectivity index (χ4v) is 2.56. The molecule has 1 aromatic carbocycles. The molecule has 1 aliphatic rings. The molecule has 2 rings (SSSR count). The molecule has 0 spiro atoms. The molecule has 1 saturated heterocycles. The normalized spacial score (nSPS) is 18.8. The summed E-state index contributed by atoms with van der Waals surface area (Å²) < 4.78 is 0. The molecule has 2 N–H and O–H groups in total. The maximum absolute atomic E-state index is 12.1. The van der Waals surface area contributed by atoms with E-state index in [1.54, 1.807) is 0 Å². The molecule has 1 amide bonds. The highest BCUT2D eigenvalue weighted by atomic mass is 35.5. The zero-order chi connectivity index (χ0) is 15.2. The largest absolute Gasteiger partial charge is 0.352 e. The molecule has 0 aliphatic carbocycles. The van der Waals surface area contributed by atoms with Crippen molar-refractivity contribution < 1.29 is 4.79 Å². The van der Waals surface area contributed by atoms with Crippen LogP contribution < -0.4 is 10.6 Å². The number of piperazine rings is 1. The van der Waals surface area contributed by atoms with Crippen LogP contribution in [0.3, 0.4) is 0 Å². The van der Waals surface area contributed by atoms with Gasteiger partial charge >= 0.3 is 0 Å². The fourth-order valence-electron chi connectivity index (χ4n) is 2.56. The van der Waals surface area contributed by atoms with Crippen molar-refractivity contribution in [2.45, 2.75) is 33.4 Å². The molecule has 1 heterocycles. The van der Waals surface area contributed by atoms with E-state index in [4.69, 9.17) is 0 Å². The van der Waals surface area contributed by atoms with E-state index in [9.17, 15) is 4.79 Å². The number of carbonyl (C=O) groups excluding carboxylic acids is 1. The van der Waals surface area contributed by atoms with Gasteiger partial charge in [-0.2, -0.15) is 0 Å². The Morgan fingerprint density at radius 3 is 2.91 bits per heavy atom. The highest BCUT2D eigenvalue weighted by Gasteiger charge is 2.18. The highest BCUT2D eigenvalue weighted by molar-refractivity contribution is 5.94. The third kappa shape index (κ3) is 5.59. The quantitative estimate of drug-likeness (QED) is 0.873. The maximum Gasteiger partial charge on any atom is 0.251 e. The second kappa shape index (κ2) is 9.13. The van der Waals surface area contributed by atoms with E-state index in [0.29, 0.717) is 12.0 Å². The first-order valence-corrected chi connectivity index (χ1v) is 7.88. The summed E-state index contributed by atoms with van der Waals surface area (Å²) in [6.45, 7) is 11.2. The molecule has 1 aliphatic heterocycles. The van der Waals surface area contributed by atoms with Gasteiger partial charge in [0, 0.05) is 44.3 Å². The number of benzene rings is 1. The molecule has 5 heteroatoms. The summed E-state index contributed by atoms with van der Waals surface area (Å²) in [7, 11) is 0. The molecular weight excluding hydrogens is 298 g/mol. The van der Waals surface area contributed by atoms with Crippen molar-refractivity contribution in [1.29, 1.82) is 0 Å². The summed E-state index contributed by atoms with van der Waals surface area (Å²) in [5, 5.41) is 6.38. The van der Waals surface area contributed by atoms with Crippen molar-refractivity contribution in [1.82, 2.24) is 15.5 Å². The summed E-state index contributed by atoms with van der Waals surface area (Å²) in [6, 6.07) is 8.53. The molecule has 1 atom stereocenters. The molecule has 1 fully saturated rings. The molecule has 1 aromatic rings. The predicted octanol–water partition coefficient (Wildman–Crippen LogP) is 2.29. The van der Waals surface area contributed by atoms with Gasteiger partial charge in [-0.3, -0.25) is 9.69 Å². The summed E-state index contributed by atoms with van der Waals surface area (Å²) >= 11 is 0. The van der Waals surface area contributed by atoms with Crippen LogP contribution in [0.5, 0.6) is 0 Å². The van der Waals surface area contributed by atoms with Crippen molar-refractivity contribution >= 4 is 18.3 Å². The molecule has 0 radical (unpaired) electrons. The van der Waals surface area contributed by atoms with Crippen LogP contribution in [-0.2, 0) is 6.54 Å². The lowest BCUT2D eigenvalue weighted by Crippen LogP contribution is -2.49. The van der Waals surface area contributed by atoms with Gasteiger partial charge in [-0.15, -0.1) is 12.4 Å². The number of halogens is 1. The average Bonchev–Trinajstić information content (AvgIpc) is 2.47. The van der Waals surface area contributed by atoms with E-state index in [1.807, 2.05) is 18.2 Å². The van der Waals surface area contributed by atoms with Gasteiger partial charge in [-0.25, -0.2) is 0 Å². The minimum atomic E-state index is 0. The standard InChI is InChI=1S/C17H27N3O.ClH/c1-13(2)10-19-17(21)16-6-4-5-15(9-16)12-20-8-7-18-11-14(20)3;/h4-6,9,13-14,18H,7-8,10-12H2,1-3H3,(H,19,21);1H/t14-;/m1./s1. The monoisotopic (exact) mass is 325 g/mol. The Morgan fingerprint density at radius 1 is 1.45 bits per heavy atom. The van der Waals surface area contributed by atoms with Gasteiger partial charge in [-0.05, 0) is 30.5 Å².